The molecule has 0 aliphatic heterocycles. The molecular formula is C23H18FN3O2. The van der Waals surface area contributed by atoms with E-state index < -0.39 is 5.82 Å². The van der Waals surface area contributed by atoms with Crippen molar-refractivity contribution in [2.75, 3.05) is 10.6 Å². The number of amides is 1. The fourth-order valence-electron chi connectivity index (χ4n) is 2.77. The zero-order chi connectivity index (χ0) is 20.8. The number of hydrogen-bond donors (Lipinski definition) is 2. The third kappa shape index (κ3) is 5.05. The first-order valence-corrected chi connectivity index (χ1v) is 8.91. The van der Waals surface area contributed by atoms with E-state index in [2.05, 4.69) is 16.7 Å². The van der Waals surface area contributed by atoms with Crippen LogP contribution in [-0.4, -0.2) is 11.7 Å². The molecule has 6 heteroatoms. The van der Waals surface area contributed by atoms with Gasteiger partial charge in [0.1, 0.15) is 11.9 Å². The van der Waals surface area contributed by atoms with Gasteiger partial charge in [0.25, 0.3) is 5.91 Å². The topological polar surface area (TPSA) is 82.0 Å². The molecule has 3 aromatic carbocycles. The second-order valence-corrected chi connectivity index (χ2v) is 6.44. The summed E-state index contributed by atoms with van der Waals surface area (Å²) in [5.41, 5.74) is 3.36. The lowest BCUT2D eigenvalue weighted by atomic mass is 10.1. The van der Waals surface area contributed by atoms with Gasteiger partial charge in [0.15, 0.2) is 5.78 Å². The predicted molar refractivity (Wildman–Crippen MR) is 109 cm³/mol. The lowest BCUT2D eigenvalue weighted by molar-refractivity contribution is 0.101. The molecule has 0 spiro atoms. The molecule has 5 nitrogen and oxygen atoms in total. The second-order valence-electron chi connectivity index (χ2n) is 6.44. The van der Waals surface area contributed by atoms with Crippen molar-refractivity contribution in [3.05, 3.63) is 94.8 Å². The highest BCUT2D eigenvalue weighted by Gasteiger charge is 2.08. The van der Waals surface area contributed by atoms with Crippen molar-refractivity contribution in [1.82, 2.24) is 0 Å². The Labute approximate surface area is 167 Å². The van der Waals surface area contributed by atoms with Gasteiger partial charge < -0.3 is 10.6 Å². The summed E-state index contributed by atoms with van der Waals surface area (Å²) < 4.78 is 13.0. The van der Waals surface area contributed by atoms with Crippen molar-refractivity contribution in [1.29, 1.82) is 5.26 Å². The molecule has 0 fully saturated rings. The van der Waals surface area contributed by atoms with Gasteiger partial charge in [-0.2, -0.15) is 5.26 Å². The van der Waals surface area contributed by atoms with Gasteiger partial charge >= 0.3 is 0 Å². The normalized spacial score (nSPS) is 10.1. The quantitative estimate of drug-likeness (QED) is 0.597. The minimum atomic E-state index is -0.403. The molecule has 0 aliphatic carbocycles. The Morgan fingerprint density at radius 1 is 1.00 bits per heavy atom. The SMILES string of the molecule is CC(=O)c1ccc(C#N)c(NCc2cccc(NC(=O)c3ccc(F)cc3)c2)c1. The number of rotatable bonds is 6. The fourth-order valence-corrected chi connectivity index (χ4v) is 2.77. The molecule has 2 N–H and O–H groups in total. The molecule has 29 heavy (non-hydrogen) atoms. The number of ketones is 1. The fraction of sp³-hybridized carbons (Fsp3) is 0.0870. The summed E-state index contributed by atoms with van der Waals surface area (Å²) in [4.78, 5) is 23.9. The van der Waals surface area contributed by atoms with E-state index >= 15 is 0 Å². The van der Waals surface area contributed by atoms with E-state index in [1.165, 1.54) is 31.2 Å². The Hall–Kier alpha value is -3.98. The number of nitriles is 1. The van der Waals surface area contributed by atoms with Gasteiger partial charge in [-0.1, -0.05) is 12.1 Å². The van der Waals surface area contributed by atoms with Crippen LogP contribution in [0.4, 0.5) is 15.8 Å². The number of nitrogens with one attached hydrogen (secondary N) is 2. The molecule has 0 saturated carbocycles. The minimum absolute atomic E-state index is 0.0805. The van der Waals surface area contributed by atoms with Crippen LogP contribution in [-0.2, 0) is 6.54 Å². The van der Waals surface area contributed by atoms with Crippen molar-refractivity contribution >= 4 is 23.1 Å². The van der Waals surface area contributed by atoms with Crippen LogP contribution in [0.5, 0.6) is 0 Å². The average molecular weight is 387 g/mol. The third-order valence-corrected chi connectivity index (χ3v) is 4.32. The molecule has 144 valence electrons. The van der Waals surface area contributed by atoms with Gasteiger partial charge in [0.05, 0.1) is 11.3 Å². The van der Waals surface area contributed by atoms with E-state index in [9.17, 15) is 19.2 Å². The molecule has 0 unspecified atom stereocenters. The lowest BCUT2D eigenvalue weighted by Gasteiger charge is -2.11. The molecule has 0 heterocycles. The monoisotopic (exact) mass is 387 g/mol. The summed E-state index contributed by atoms with van der Waals surface area (Å²) in [6.45, 7) is 1.87. The molecule has 0 radical (unpaired) electrons. The van der Waals surface area contributed by atoms with E-state index in [4.69, 9.17) is 0 Å². The first kappa shape index (κ1) is 19.8. The highest BCUT2D eigenvalue weighted by atomic mass is 19.1. The van der Waals surface area contributed by atoms with Crippen molar-refractivity contribution in [2.45, 2.75) is 13.5 Å². The van der Waals surface area contributed by atoms with E-state index in [0.29, 0.717) is 34.6 Å². The zero-order valence-corrected chi connectivity index (χ0v) is 15.7. The van der Waals surface area contributed by atoms with Crippen LogP contribution in [0.1, 0.15) is 38.8 Å². The second kappa shape index (κ2) is 8.81. The van der Waals surface area contributed by atoms with Gasteiger partial charge in [-0.15, -0.1) is 0 Å². The van der Waals surface area contributed by atoms with Crippen LogP contribution in [0.25, 0.3) is 0 Å². The molecule has 0 aromatic heterocycles. The lowest BCUT2D eigenvalue weighted by Crippen LogP contribution is -2.12. The number of carbonyl (C=O) groups excluding carboxylic acids is 2. The number of Topliss-reactive ketones (excluding diaryl/α,β-unsaturated/α-hetero) is 1. The minimum Gasteiger partial charge on any atom is -0.380 e. The predicted octanol–water partition coefficient (Wildman–Crippen LogP) is 4.76. The van der Waals surface area contributed by atoms with Crippen LogP contribution in [0.3, 0.4) is 0 Å². The van der Waals surface area contributed by atoms with E-state index in [1.807, 2.05) is 6.07 Å². The maximum Gasteiger partial charge on any atom is 0.255 e. The van der Waals surface area contributed by atoms with E-state index in [0.717, 1.165) is 5.56 Å². The first-order valence-electron chi connectivity index (χ1n) is 8.91. The Balaban J connectivity index is 1.71. The Morgan fingerprint density at radius 2 is 1.72 bits per heavy atom. The van der Waals surface area contributed by atoms with Gasteiger partial charge in [0.2, 0.25) is 0 Å². The first-order chi connectivity index (χ1) is 14.0. The van der Waals surface area contributed by atoms with Crippen LogP contribution in [0, 0.1) is 17.1 Å². The van der Waals surface area contributed by atoms with E-state index in [-0.39, 0.29) is 11.7 Å². The van der Waals surface area contributed by atoms with Crippen molar-refractivity contribution in [3.8, 4) is 6.07 Å². The number of benzene rings is 3. The van der Waals surface area contributed by atoms with Crippen LogP contribution < -0.4 is 10.6 Å². The van der Waals surface area contributed by atoms with Gasteiger partial charge in [-0.25, -0.2) is 4.39 Å². The Kier molecular flexibility index (Phi) is 6.00. The maximum atomic E-state index is 13.0. The molecular weight excluding hydrogens is 369 g/mol. The summed E-state index contributed by atoms with van der Waals surface area (Å²) in [5.74, 6) is -0.820. The third-order valence-electron chi connectivity index (χ3n) is 4.32. The Bertz CT molecular complexity index is 1100. The van der Waals surface area contributed by atoms with Gasteiger partial charge in [-0.3, -0.25) is 9.59 Å². The maximum absolute atomic E-state index is 13.0. The summed E-state index contributed by atoms with van der Waals surface area (Å²) in [7, 11) is 0. The highest BCUT2D eigenvalue weighted by Crippen LogP contribution is 2.20. The molecule has 3 aromatic rings. The van der Waals surface area contributed by atoms with Crippen molar-refractivity contribution in [2.24, 2.45) is 0 Å². The number of anilines is 2. The molecule has 1 amide bonds. The van der Waals surface area contributed by atoms with Gasteiger partial charge in [0, 0.05) is 23.4 Å². The standard InChI is InChI=1S/C23H18FN3O2/c1-15(28)18-5-6-19(13-25)22(12-18)26-14-16-3-2-4-21(11-16)27-23(29)17-7-9-20(24)10-8-17/h2-12,26H,14H2,1H3,(H,27,29). The molecule has 0 aliphatic rings. The zero-order valence-electron chi connectivity index (χ0n) is 15.7. The number of carbonyl (C=O) groups is 2. The molecule has 0 atom stereocenters. The largest absolute Gasteiger partial charge is 0.380 e. The number of nitrogens with zero attached hydrogens (tertiary/aromatic N) is 1. The summed E-state index contributed by atoms with van der Waals surface area (Å²) in [6, 6.07) is 19.5. The summed E-state index contributed by atoms with van der Waals surface area (Å²) in [6.07, 6.45) is 0. The van der Waals surface area contributed by atoms with Crippen molar-refractivity contribution in [3.63, 3.8) is 0 Å². The smallest absolute Gasteiger partial charge is 0.255 e. The van der Waals surface area contributed by atoms with E-state index in [1.54, 1.807) is 36.4 Å². The summed E-state index contributed by atoms with van der Waals surface area (Å²) in [5, 5.41) is 15.2. The van der Waals surface area contributed by atoms with Crippen LogP contribution >= 0.6 is 0 Å². The Morgan fingerprint density at radius 3 is 2.41 bits per heavy atom. The highest BCUT2D eigenvalue weighted by molar-refractivity contribution is 6.04. The summed E-state index contributed by atoms with van der Waals surface area (Å²) >= 11 is 0. The van der Waals surface area contributed by atoms with Crippen LogP contribution in [0.2, 0.25) is 0 Å². The van der Waals surface area contributed by atoms with Crippen LogP contribution in [0.15, 0.2) is 66.7 Å². The van der Waals surface area contributed by atoms with Crippen molar-refractivity contribution < 1.29 is 14.0 Å². The van der Waals surface area contributed by atoms with Gasteiger partial charge in [-0.05, 0) is 67.1 Å². The molecule has 0 saturated heterocycles. The average Bonchev–Trinajstić information content (AvgIpc) is 2.72. The number of halogens is 1. The molecule has 3 rings (SSSR count). The molecule has 0 bridgehead atoms. The number of hydrogen-bond acceptors (Lipinski definition) is 4.